The van der Waals surface area contributed by atoms with E-state index in [2.05, 4.69) is 16.2 Å². The number of non-ortho nitro benzene ring substituents is 1. The van der Waals surface area contributed by atoms with E-state index in [1.165, 1.54) is 18.2 Å². The first-order valence-electron chi connectivity index (χ1n) is 9.92. The lowest BCUT2D eigenvalue weighted by atomic mass is 10.0. The summed E-state index contributed by atoms with van der Waals surface area (Å²) in [5, 5.41) is 13.2. The minimum absolute atomic E-state index is 0.0268. The number of nitrogens with one attached hydrogen (secondary N) is 3. The maximum atomic E-state index is 12.6. The van der Waals surface area contributed by atoms with Gasteiger partial charge in [0.1, 0.15) is 19.3 Å². The maximum absolute atomic E-state index is 12.6. The van der Waals surface area contributed by atoms with Crippen LogP contribution in [0.25, 0.3) is 0 Å². The summed E-state index contributed by atoms with van der Waals surface area (Å²) in [6.45, 7) is 4.18. The fraction of sp³-hybridized carbons (Fsp3) is 0.286. The van der Waals surface area contributed by atoms with Crippen molar-refractivity contribution in [3.8, 4) is 11.5 Å². The predicted octanol–water partition coefficient (Wildman–Crippen LogP) is 2.23. The monoisotopic (exact) mass is 476 g/mol. The smallest absolute Gasteiger partial charge is 0.270 e. The number of carbonyl (C=O) groups excluding carboxylic acids is 3. The SMILES string of the molecule is CC(C)[C@H](NC(=O)c1ccc([N+](=O)[O-])cc1Cl)C(=O)NNC(=O)c1ccc2c(c1)OCCO2. The van der Waals surface area contributed by atoms with Crippen LogP contribution in [0, 0.1) is 16.0 Å². The molecule has 2 aromatic rings. The second-order valence-electron chi connectivity index (χ2n) is 7.42. The van der Waals surface area contributed by atoms with E-state index < -0.39 is 28.7 Å². The van der Waals surface area contributed by atoms with Gasteiger partial charge < -0.3 is 14.8 Å². The van der Waals surface area contributed by atoms with Crippen LogP contribution >= 0.6 is 11.6 Å². The van der Waals surface area contributed by atoms with Crippen molar-refractivity contribution in [3.05, 3.63) is 62.7 Å². The van der Waals surface area contributed by atoms with E-state index in [1.54, 1.807) is 19.9 Å². The Kier molecular flexibility index (Phi) is 7.34. The van der Waals surface area contributed by atoms with E-state index >= 15 is 0 Å². The summed E-state index contributed by atoms with van der Waals surface area (Å²) in [5.41, 5.74) is 4.53. The third kappa shape index (κ3) is 5.69. The molecule has 1 aliphatic rings. The first-order chi connectivity index (χ1) is 15.7. The molecule has 1 aliphatic heterocycles. The molecule has 0 bridgehead atoms. The molecule has 2 aromatic carbocycles. The number of hydrogen-bond acceptors (Lipinski definition) is 7. The van der Waals surface area contributed by atoms with Crippen LogP contribution in [0.3, 0.4) is 0 Å². The lowest BCUT2D eigenvalue weighted by Gasteiger charge is -2.22. The second-order valence-corrected chi connectivity index (χ2v) is 7.83. The Labute approximate surface area is 193 Å². The molecular formula is C21H21ClN4O7. The highest BCUT2D eigenvalue weighted by Crippen LogP contribution is 2.30. The molecule has 0 unspecified atom stereocenters. The molecule has 12 heteroatoms. The van der Waals surface area contributed by atoms with Crippen molar-refractivity contribution in [2.75, 3.05) is 13.2 Å². The number of hydrogen-bond donors (Lipinski definition) is 3. The summed E-state index contributed by atoms with van der Waals surface area (Å²) < 4.78 is 10.8. The number of fused-ring (bicyclic) bond motifs is 1. The molecular weight excluding hydrogens is 456 g/mol. The van der Waals surface area contributed by atoms with Gasteiger partial charge in [-0.1, -0.05) is 25.4 Å². The Bertz CT molecular complexity index is 1110. The molecule has 0 fully saturated rings. The number of amides is 3. The zero-order chi connectivity index (χ0) is 24.1. The van der Waals surface area contributed by atoms with Gasteiger partial charge in [-0.15, -0.1) is 0 Å². The van der Waals surface area contributed by atoms with Crippen molar-refractivity contribution in [3.63, 3.8) is 0 Å². The van der Waals surface area contributed by atoms with Gasteiger partial charge in [-0.3, -0.25) is 35.3 Å². The van der Waals surface area contributed by atoms with Crippen LogP contribution in [0.1, 0.15) is 34.6 Å². The highest BCUT2D eigenvalue weighted by molar-refractivity contribution is 6.34. The number of nitro benzene ring substituents is 1. The molecule has 174 valence electrons. The molecule has 0 saturated heterocycles. The second kappa shape index (κ2) is 10.2. The van der Waals surface area contributed by atoms with Crippen LogP contribution in [0.5, 0.6) is 11.5 Å². The summed E-state index contributed by atoms with van der Waals surface area (Å²) in [6, 6.07) is 6.98. The Balaban J connectivity index is 1.63. The van der Waals surface area contributed by atoms with Crippen LogP contribution in [0.15, 0.2) is 36.4 Å². The zero-order valence-electron chi connectivity index (χ0n) is 17.7. The fourth-order valence-electron chi connectivity index (χ4n) is 3.01. The molecule has 1 atom stereocenters. The molecule has 0 saturated carbocycles. The van der Waals surface area contributed by atoms with Gasteiger partial charge in [0, 0.05) is 17.7 Å². The molecule has 3 rings (SSSR count). The van der Waals surface area contributed by atoms with Crippen molar-refractivity contribution in [2.24, 2.45) is 5.92 Å². The highest BCUT2D eigenvalue weighted by atomic mass is 35.5. The lowest BCUT2D eigenvalue weighted by molar-refractivity contribution is -0.384. The van der Waals surface area contributed by atoms with E-state index in [4.69, 9.17) is 21.1 Å². The lowest BCUT2D eigenvalue weighted by Crippen LogP contribution is -2.54. The minimum Gasteiger partial charge on any atom is -0.486 e. The average molecular weight is 477 g/mol. The molecule has 1 heterocycles. The van der Waals surface area contributed by atoms with Crippen LogP contribution in [-0.4, -0.2) is 41.9 Å². The fourth-order valence-corrected chi connectivity index (χ4v) is 3.27. The number of benzene rings is 2. The standard InChI is InChI=1S/C21H21ClN4O7/c1-11(2)18(23-20(28)14-5-4-13(26(30)31)10-15(14)22)21(29)25-24-19(27)12-3-6-16-17(9-12)33-8-7-32-16/h3-6,9-11,18H,7-8H2,1-2H3,(H,23,28)(H,24,27)(H,25,29)/t18-/m0/s1. The first-order valence-corrected chi connectivity index (χ1v) is 10.3. The average Bonchev–Trinajstić information content (AvgIpc) is 2.79. The van der Waals surface area contributed by atoms with Crippen molar-refractivity contribution in [1.82, 2.24) is 16.2 Å². The largest absolute Gasteiger partial charge is 0.486 e. The third-order valence-electron chi connectivity index (χ3n) is 4.75. The number of carbonyl (C=O) groups is 3. The van der Waals surface area contributed by atoms with Crippen molar-refractivity contribution >= 4 is 35.0 Å². The van der Waals surface area contributed by atoms with E-state index in [9.17, 15) is 24.5 Å². The number of halogens is 1. The van der Waals surface area contributed by atoms with Crippen LogP contribution < -0.4 is 25.6 Å². The van der Waals surface area contributed by atoms with Gasteiger partial charge in [-0.05, 0) is 30.2 Å². The van der Waals surface area contributed by atoms with E-state index in [0.29, 0.717) is 24.7 Å². The summed E-state index contributed by atoms with van der Waals surface area (Å²) in [6.07, 6.45) is 0. The number of rotatable bonds is 6. The Morgan fingerprint density at radius 2 is 1.70 bits per heavy atom. The van der Waals surface area contributed by atoms with Crippen LogP contribution in [-0.2, 0) is 4.79 Å². The minimum atomic E-state index is -1.02. The molecule has 0 aromatic heterocycles. The molecule has 3 amide bonds. The number of ether oxygens (including phenoxy) is 2. The zero-order valence-corrected chi connectivity index (χ0v) is 18.5. The maximum Gasteiger partial charge on any atom is 0.270 e. The van der Waals surface area contributed by atoms with Crippen LogP contribution in [0.2, 0.25) is 5.02 Å². The van der Waals surface area contributed by atoms with Crippen LogP contribution in [0.4, 0.5) is 5.69 Å². The first kappa shape index (κ1) is 23.8. The van der Waals surface area contributed by atoms with Crippen molar-refractivity contribution in [1.29, 1.82) is 0 Å². The van der Waals surface area contributed by atoms with Crippen molar-refractivity contribution < 1.29 is 28.8 Å². The van der Waals surface area contributed by atoms with Gasteiger partial charge in [0.05, 0.1) is 15.5 Å². The molecule has 3 N–H and O–H groups in total. The summed E-state index contributed by atoms with van der Waals surface area (Å²) in [5.74, 6) is -1.35. The summed E-state index contributed by atoms with van der Waals surface area (Å²) in [7, 11) is 0. The van der Waals surface area contributed by atoms with Gasteiger partial charge in [0.2, 0.25) is 0 Å². The third-order valence-corrected chi connectivity index (χ3v) is 5.06. The van der Waals surface area contributed by atoms with E-state index in [1.807, 2.05) is 0 Å². The summed E-state index contributed by atoms with van der Waals surface area (Å²) >= 11 is 5.99. The van der Waals surface area contributed by atoms with Gasteiger partial charge in [0.25, 0.3) is 23.4 Å². The Morgan fingerprint density at radius 1 is 1.00 bits per heavy atom. The highest BCUT2D eigenvalue weighted by Gasteiger charge is 2.26. The number of hydrazine groups is 1. The topological polar surface area (TPSA) is 149 Å². The van der Waals surface area contributed by atoms with E-state index in [0.717, 1.165) is 12.1 Å². The number of nitrogens with zero attached hydrogens (tertiary/aromatic N) is 1. The van der Waals surface area contributed by atoms with Gasteiger partial charge in [-0.25, -0.2) is 0 Å². The van der Waals surface area contributed by atoms with Gasteiger partial charge in [0.15, 0.2) is 11.5 Å². The Hall–Kier alpha value is -3.86. The quantitative estimate of drug-likeness (QED) is 0.427. The van der Waals surface area contributed by atoms with Gasteiger partial charge in [-0.2, -0.15) is 0 Å². The Morgan fingerprint density at radius 3 is 2.33 bits per heavy atom. The number of nitro groups is 1. The van der Waals surface area contributed by atoms with Crippen molar-refractivity contribution in [2.45, 2.75) is 19.9 Å². The summed E-state index contributed by atoms with van der Waals surface area (Å²) in [4.78, 5) is 47.9. The predicted molar refractivity (Wildman–Crippen MR) is 117 cm³/mol. The molecule has 0 radical (unpaired) electrons. The molecule has 11 nitrogen and oxygen atoms in total. The normalized spacial score (nSPS) is 13.1. The van der Waals surface area contributed by atoms with E-state index in [-0.39, 0.29) is 27.8 Å². The molecule has 0 aliphatic carbocycles. The van der Waals surface area contributed by atoms with Gasteiger partial charge >= 0.3 is 0 Å². The molecule has 0 spiro atoms. The molecule has 33 heavy (non-hydrogen) atoms.